The molecule has 1 aliphatic rings. The Bertz CT molecular complexity index is 1150. The summed E-state index contributed by atoms with van der Waals surface area (Å²) in [7, 11) is 1.55. The molecule has 2 aromatic heterocycles. The van der Waals surface area contributed by atoms with Crippen LogP contribution >= 0.6 is 0 Å². The molecule has 6 N–H and O–H groups in total. The molecule has 0 spiro atoms. The van der Waals surface area contributed by atoms with Gasteiger partial charge in [-0.25, -0.2) is 20.4 Å². The summed E-state index contributed by atoms with van der Waals surface area (Å²) in [6.45, 7) is 1.92. The molecule has 1 saturated heterocycles. The summed E-state index contributed by atoms with van der Waals surface area (Å²) in [5, 5.41) is 34.3. The Morgan fingerprint density at radius 1 is 1.27 bits per heavy atom. The van der Waals surface area contributed by atoms with E-state index in [0.717, 1.165) is 5.56 Å². The number of nitrogen functional groups attached to an aromatic ring is 1. The van der Waals surface area contributed by atoms with Crippen LogP contribution in [0.4, 0.5) is 11.8 Å². The SMILES string of the molecule is CCOc1ccc(C=NNc2nc3c(N)ncnc3n2[C@@H]2O[C@H](CO)[C@@H](O)[C@H]2O)cc1OC. The quantitative estimate of drug-likeness (QED) is 0.223. The highest BCUT2D eigenvalue weighted by molar-refractivity contribution is 5.85. The molecule has 0 radical (unpaired) electrons. The van der Waals surface area contributed by atoms with Crippen molar-refractivity contribution >= 4 is 29.1 Å². The van der Waals surface area contributed by atoms with Crippen molar-refractivity contribution in [1.82, 2.24) is 19.5 Å². The van der Waals surface area contributed by atoms with Gasteiger partial charge in [0, 0.05) is 0 Å². The fraction of sp³-hybridized carbons (Fsp3) is 0.400. The molecule has 0 bridgehead atoms. The van der Waals surface area contributed by atoms with Gasteiger partial charge in [0.25, 0.3) is 0 Å². The number of benzene rings is 1. The zero-order valence-corrected chi connectivity index (χ0v) is 18.0. The number of aliphatic hydroxyl groups is 3. The van der Waals surface area contributed by atoms with Gasteiger partial charge in [0.05, 0.1) is 26.5 Å². The van der Waals surface area contributed by atoms with Gasteiger partial charge in [-0.2, -0.15) is 5.10 Å². The Labute approximate surface area is 188 Å². The number of hydrogen-bond donors (Lipinski definition) is 5. The number of fused-ring (bicyclic) bond motifs is 1. The zero-order chi connectivity index (χ0) is 23.5. The summed E-state index contributed by atoms with van der Waals surface area (Å²) in [4.78, 5) is 12.5. The normalized spacial score (nSPS) is 22.8. The number of hydrazone groups is 1. The summed E-state index contributed by atoms with van der Waals surface area (Å²) in [5.74, 6) is 1.43. The number of nitrogens with zero attached hydrogens (tertiary/aromatic N) is 5. The number of ether oxygens (including phenoxy) is 3. The van der Waals surface area contributed by atoms with Crippen molar-refractivity contribution in [2.75, 3.05) is 31.5 Å². The van der Waals surface area contributed by atoms with Gasteiger partial charge in [-0.05, 0) is 30.7 Å². The summed E-state index contributed by atoms with van der Waals surface area (Å²) < 4.78 is 17.9. The lowest BCUT2D eigenvalue weighted by Gasteiger charge is -2.18. The van der Waals surface area contributed by atoms with Crippen LogP contribution < -0.4 is 20.6 Å². The largest absolute Gasteiger partial charge is 0.493 e. The third-order valence-electron chi connectivity index (χ3n) is 5.14. The lowest BCUT2D eigenvalue weighted by molar-refractivity contribution is -0.0501. The molecule has 33 heavy (non-hydrogen) atoms. The molecule has 4 rings (SSSR count). The van der Waals surface area contributed by atoms with E-state index in [4.69, 9.17) is 19.9 Å². The Hall–Kier alpha value is -3.52. The highest BCUT2D eigenvalue weighted by Crippen LogP contribution is 2.35. The van der Waals surface area contributed by atoms with Crippen molar-refractivity contribution in [2.24, 2.45) is 5.10 Å². The van der Waals surface area contributed by atoms with Crippen LogP contribution in [0.1, 0.15) is 18.7 Å². The molecule has 3 heterocycles. The van der Waals surface area contributed by atoms with Crippen LogP contribution in [0, 0.1) is 0 Å². The summed E-state index contributed by atoms with van der Waals surface area (Å²) in [6, 6.07) is 5.33. The van der Waals surface area contributed by atoms with Gasteiger partial charge in [-0.15, -0.1) is 0 Å². The fourth-order valence-electron chi connectivity index (χ4n) is 3.54. The van der Waals surface area contributed by atoms with Crippen molar-refractivity contribution in [2.45, 2.75) is 31.5 Å². The summed E-state index contributed by atoms with van der Waals surface area (Å²) >= 11 is 0. The maximum Gasteiger partial charge on any atom is 0.228 e. The average molecular weight is 459 g/mol. The highest BCUT2D eigenvalue weighted by atomic mass is 16.6. The first-order valence-electron chi connectivity index (χ1n) is 10.2. The number of aliphatic hydroxyl groups excluding tert-OH is 3. The number of anilines is 2. The van der Waals surface area contributed by atoms with Crippen LogP contribution in [0.5, 0.6) is 11.5 Å². The van der Waals surface area contributed by atoms with E-state index in [1.165, 1.54) is 17.1 Å². The van der Waals surface area contributed by atoms with Crippen LogP contribution in [0.2, 0.25) is 0 Å². The van der Waals surface area contributed by atoms with Crippen molar-refractivity contribution < 1.29 is 29.5 Å². The third-order valence-corrected chi connectivity index (χ3v) is 5.14. The second kappa shape index (κ2) is 9.54. The number of rotatable bonds is 8. The Morgan fingerprint density at radius 3 is 2.79 bits per heavy atom. The Kier molecular flexibility index (Phi) is 6.55. The van der Waals surface area contributed by atoms with Crippen LogP contribution in [0.15, 0.2) is 29.6 Å². The first kappa shape index (κ1) is 22.7. The van der Waals surface area contributed by atoms with Gasteiger partial charge in [-0.1, -0.05) is 0 Å². The van der Waals surface area contributed by atoms with E-state index < -0.39 is 31.1 Å². The Balaban J connectivity index is 1.66. The molecule has 0 amide bonds. The molecule has 0 saturated carbocycles. The molecular formula is C20H25N7O6. The molecule has 0 aliphatic carbocycles. The number of imidazole rings is 1. The molecule has 13 nitrogen and oxygen atoms in total. The lowest BCUT2D eigenvalue weighted by atomic mass is 10.1. The molecule has 0 unspecified atom stereocenters. The van der Waals surface area contributed by atoms with E-state index >= 15 is 0 Å². The van der Waals surface area contributed by atoms with Gasteiger partial charge in [-0.3, -0.25) is 4.57 Å². The molecule has 1 aromatic carbocycles. The van der Waals surface area contributed by atoms with Crippen molar-refractivity contribution in [3.8, 4) is 11.5 Å². The standard InChI is InChI=1S/C20H25N7O6/c1-3-32-11-5-4-10(6-12(11)31-2)7-24-26-20-25-14-17(21)22-9-23-18(14)27(20)19-16(30)15(29)13(8-28)33-19/h4-7,9,13,15-16,19,28-30H,3,8H2,1-2H3,(H,25,26)(H2,21,22,23)/t13-,15-,16-,19-/m1/s1. The van der Waals surface area contributed by atoms with Gasteiger partial charge in [0.2, 0.25) is 5.95 Å². The van der Waals surface area contributed by atoms with Crippen molar-refractivity contribution in [3.05, 3.63) is 30.1 Å². The van der Waals surface area contributed by atoms with Crippen molar-refractivity contribution in [1.29, 1.82) is 0 Å². The van der Waals surface area contributed by atoms with Crippen LogP contribution in [0.25, 0.3) is 11.2 Å². The number of nitrogens with two attached hydrogens (primary N) is 1. The van der Waals surface area contributed by atoms with Gasteiger partial charge in [0.1, 0.15) is 24.6 Å². The topological polar surface area (TPSA) is 182 Å². The molecule has 176 valence electrons. The summed E-state index contributed by atoms with van der Waals surface area (Å²) in [6.07, 6.45) is -1.95. The molecule has 1 fully saturated rings. The number of nitrogens with one attached hydrogen (secondary N) is 1. The first-order chi connectivity index (χ1) is 16.0. The molecular weight excluding hydrogens is 434 g/mol. The minimum absolute atomic E-state index is 0.119. The minimum atomic E-state index is -1.35. The predicted molar refractivity (Wildman–Crippen MR) is 118 cm³/mol. The molecule has 4 atom stereocenters. The second-order valence-corrected chi connectivity index (χ2v) is 7.18. The van der Waals surface area contributed by atoms with Gasteiger partial charge >= 0.3 is 0 Å². The van der Waals surface area contributed by atoms with E-state index in [1.807, 2.05) is 6.92 Å². The average Bonchev–Trinajstić information content (AvgIpc) is 3.32. The molecule has 13 heteroatoms. The second-order valence-electron chi connectivity index (χ2n) is 7.18. The lowest BCUT2D eigenvalue weighted by Crippen LogP contribution is -2.33. The van der Waals surface area contributed by atoms with E-state index in [-0.39, 0.29) is 22.9 Å². The monoisotopic (exact) mass is 459 g/mol. The van der Waals surface area contributed by atoms with E-state index in [0.29, 0.717) is 18.1 Å². The predicted octanol–water partition coefficient (Wildman–Crippen LogP) is -0.127. The number of hydrogen-bond acceptors (Lipinski definition) is 12. The van der Waals surface area contributed by atoms with Gasteiger partial charge in [0.15, 0.2) is 34.7 Å². The molecule has 3 aromatic rings. The Morgan fingerprint density at radius 2 is 2.09 bits per heavy atom. The van der Waals surface area contributed by atoms with E-state index in [2.05, 4.69) is 25.5 Å². The minimum Gasteiger partial charge on any atom is -0.493 e. The first-order valence-corrected chi connectivity index (χ1v) is 10.2. The van der Waals surface area contributed by atoms with Crippen molar-refractivity contribution in [3.63, 3.8) is 0 Å². The highest BCUT2D eigenvalue weighted by Gasteiger charge is 2.45. The zero-order valence-electron chi connectivity index (χ0n) is 18.0. The maximum atomic E-state index is 10.5. The number of aromatic nitrogens is 4. The van der Waals surface area contributed by atoms with E-state index in [9.17, 15) is 15.3 Å². The third kappa shape index (κ3) is 4.26. The van der Waals surface area contributed by atoms with Crippen LogP contribution in [-0.2, 0) is 4.74 Å². The molecule has 1 aliphatic heterocycles. The van der Waals surface area contributed by atoms with Crippen LogP contribution in [0.3, 0.4) is 0 Å². The smallest absolute Gasteiger partial charge is 0.228 e. The van der Waals surface area contributed by atoms with Gasteiger partial charge < -0.3 is 35.3 Å². The maximum absolute atomic E-state index is 10.5. The number of methoxy groups -OCH3 is 1. The fourth-order valence-corrected chi connectivity index (χ4v) is 3.54. The summed E-state index contributed by atoms with van der Waals surface area (Å²) in [5.41, 5.74) is 9.96. The van der Waals surface area contributed by atoms with Crippen LogP contribution in [-0.4, -0.2) is 79.7 Å². The van der Waals surface area contributed by atoms with E-state index in [1.54, 1.807) is 25.3 Å².